The lowest BCUT2D eigenvalue weighted by molar-refractivity contribution is 0.0944. The molecule has 1 aliphatic heterocycles. The fourth-order valence-corrected chi connectivity index (χ4v) is 5.45. The molecule has 1 saturated heterocycles. The van der Waals surface area contributed by atoms with Crippen molar-refractivity contribution in [3.05, 3.63) is 0 Å². The van der Waals surface area contributed by atoms with Crippen LogP contribution in [0.15, 0.2) is 0 Å². The Morgan fingerprint density at radius 3 is 1.64 bits per heavy atom. The molecule has 0 aliphatic carbocycles. The number of ether oxygens (including phenoxy) is 1. The molecule has 0 saturated carbocycles. The molecule has 0 spiro atoms. The monoisotopic (exact) mass is 442 g/mol. The smallest absolute Gasteiger partial charge is 0.193 e. The molecular formula is C22H46O3Si3. The van der Waals surface area contributed by atoms with Crippen molar-refractivity contribution < 1.29 is 13.6 Å². The van der Waals surface area contributed by atoms with Gasteiger partial charge in [0.25, 0.3) is 0 Å². The van der Waals surface area contributed by atoms with Crippen molar-refractivity contribution >= 4 is 24.7 Å². The molecule has 1 rings (SSSR count). The summed E-state index contributed by atoms with van der Waals surface area (Å²) in [4.78, 5) is 0. The maximum Gasteiger partial charge on any atom is 0.193 e. The summed E-state index contributed by atoms with van der Waals surface area (Å²) in [6.45, 7) is 30.7. The number of epoxide rings is 1. The Balaban J connectivity index is 3.09. The largest absolute Gasteiger partial charge is 0.411 e. The van der Waals surface area contributed by atoms with Crippen LogP contribution in [0.3, 0.4) is 0 Å². The van der Waals surface area contributed by atoms with Gasteiger partial charge in [0.05, 0.1) is 12.7 Å². The van der Waals surface area contributed by atoms with Crippen molar-refractivity contribution in [2.24, 2.45) is 0 Å². The second-order valence-corrected chi connectivity index (χ2v) is 26.7. The van der Waals surface area contributed by atoms with Crippen LogP contribution in [0.5, 0.6) is 0 Å². The van der Waals surface area contributed by atoms with E-state index in [9.17, 15) is 0 Å². The second-order valence-electron chi connectivity index (χ2n) is 12.4. The van der Waals surface area contributed by atoms with Crippen LogP contribution in [0.1, 0.15) is 48.0 Å². The summed E-state index contributed by atoms with van der Waals surface area (Å²) in [5.74, 6) is 3.53. The first-order valence-electron chi connectivity index (χ1n) is 10.8. The van der Waals surface area contributed by atoms with E-state index in [-0.39, 0.29) is 28.4 Å². The van der Waals surface area contributed by atoms with E-state index in [2.05, 4.69) is 98.8 Å². The van der Waals surface area contributed by atoms with E-state index in [1.807, 2.05) is 0 Å². The third-order valence-corrected chi connectivity index (χ3v) is 16.2. The zero-order valence-electron chi connectivity index (χ0n) is 20.9. The van der Waals surface area contributed by atoms with Gasteiger partial charge in [0.1, 0.15) is 20.3 Å². The Morgan fingerprint density at radius 1 is 0.857 bits per heavy atom. The maximum absolute atomic E-state index is 6.78. The highest BCUT2D eigenvalue weighted by atomic mass is 28.4. The van der Waals surface area contributed by atoms with Crippen molar-refractivity contribution in [3.63, 3.8) is 0 Å². The van der Waals surface area contributed by atoms with Crippen LogP contribution >= 0.6 is 0 Å². The van der Waals surface area contributed by atoms with Gasteiger partial charge in [-0.05, 0) is 36.3 Å². The summed E-state index contributed by atoms with van der Waals surface area (Å²) < 4.78 is 19.2. The first-order chi connectivity index (χ1) is 12.3. The topological polar surface area (TPSA) is 31.0 Å². The van der Waals surface area contributed by atoms with Crippen molar-refractivity contribution in [2.45, 2.75) is 122 Å². The zero-order valence-corrected chi connectivity index (χ0v) is 23.9. The van der Waals surface area contributed by atoms with Gasteiger partial charge in [-0.1, -0.05) is 67.1 Å². The third-order valence-electron chi connectivity index (χ3n) is 6.32. The Kier molecular flexibility index (Phi) is 8.10. The normalized spacial score (nSPS) is 21.0. The molecule has 28 heavy (non-hydrogen) atoms. The molecule has 3 atom stereocenters. The molecule has 0 bridgehead atoms. The van der Waals surface area contributed by atoms with Crippen LogP contribution in [0.4, 0.5) is 0 Å². The highest BCUT2D eigenvalue weighted by Crippen LogP contribution is 2.41. The van der Waals surface area contributed by atoms with E-state index in [1.165, 1.54) is 0 Å². The quantitative estimate of drug-likeness (QED) is 0.258. The maximum atomic E-state index is 6.78. The Morgan fingerprint density at radius 2 is 1.29 bits per heavy atom. The summed E-state index contributed by atoms with van der Waals surface area (Å²) in [6.07, 6.45) is 1.01. The van der Waals surface area contributed by atoms with Gasteiger partial charge in [0.15, 0.2) is 16.6 Å². The van der Waals surface area contributed by atoms with Gasteiger partial charge in [-0.2, -0.15) is 0 Å². The fourth-order valence-electron chi connectivity index (χ4n) is 2.28. The first-order valence-corrected chi connectivity index (χ1v) is 20.1. The molecule has 0 amide bonds. The number of hydrogen-bond donors (Lipinski definition) is 0. The Hall–Kier alpha value is 0.0906. The third kappa shape index (κ3) is 8.08. The molecule has 0 aromatic heterocycles. The molecule has 3 nitrogen and oxygen atoms in total. The van der Waals surface area contributed by atoms with Crippen LogP contribution in [-0.4, -0.2) is 49.6 Å². The average molecular weight is 443 g/mol. The lowest BCUT2D eigenvalue weighted by Gasteiger charge is -2.41. The van der Waals surface area contributed by atoms with E-state index < -0.39 is 24.7 Å². The fraction of sp³-hybridized carbons (Fsp3) is 0.909. The molecule has 1 unspecified atom stereocenters. The first kappa shape index (κ1) is 26.1. The molecule has 1 fully saturated rings. The number of hydrogen-bond acceptors (Lipinski definition) is 3. The van der Waals surface area contributed by atoms with Gasteiger partial charge >= 0.3 is 0 Å². The highest BCUT2D eigenvalue weighted by Gasteiger charge is 2.45. The lowest BCUT2D eigenvalue weighted by Crippen LogP contribution is -2.48. The molecular weight excluding hydrogens is 396 g/mol. The summed E-state index contributed by atoms with van der Waals surface area (Å²) in [7, 11) is -5.26. The van der Waals surface area contributed by atoms with Crippen molar-refractivity contribution in [3.8, 4) is 11.5 Å². The van der Waals surface area contributed by atoms with Gasteiger partial charge in [-0.15, -0.1) is 5.54 Å². The van der Waals surface area contributed by atoms with Crippen LogP contribution in [0.25, 0.3) is 0 Å². The van der Waals surface area contributed by atoms with Gasteiger partial charge in [-0.25, -0.2) is 0 Å². The van der Waals surface area contributed by atoms with E-state index in [4.69, 9.17) is 13.6 Å². The zero-order chi connectivity index (χ0) is 22.2. The SMILES string of the molecule is CC(C)(C)[Si](C)(C)O[C@@H](C[C@H](C#C[Si](C)(C)C)O[Si](C)(C)C(C)(C)C)C1CO1. The summed E-state index contributed by atoms with van der Waals surface area (Å²) in [6, 6.07) is 0. The number of rotatable bonds is 7. The summed E-state index contributed by atoms with van der Waals surface area (Å²) in [5.41, 5.74) is 3.55. The van der Waals surface area contributed by atoms with Crippen LogP contribution in [0, 0.1) is 11.5 Å². The molecule has 0 aromatic carbocycles. The predicted molar refractivity (Wildman–Crippen MR) is 130 cm³/mol. The Labute approximate surface area is 178 Å². The predicted octanol–water partition coefficient (Wildman–Crippen LogP) is 6.44. The molecule has 164 valence electrons. The standard InChI is InChI=1S/C22H46O3Si3/c1-21(2,3)27(10,11)24-18(14-15-26(7,8)9)16-19(20-17-23-20)25-28(12,13)22(4,5)6/h18-20H,16-17H2,1-13H3/t18-,19-,20?/m0/s1. The molecule has 1 aliphatic rings. The Bertz CT molecular complexity index is 579. The van der Waals surface area contributed by atoms with Gasteiger partial charge in [-0.3, -0.25) is 0 Å². The van der Waals surface area contributed by atoms with Crippen LogP contribution < -0.4 is 0 Å². The van der Waals surface area contributed by atoms with E-state index in [0.29, 0.717) is 0 Å². The lowest BCUT2D eigenvalue weighted by atomic mass is 10.1. The minimum Gasteiger partial charge on any atom is -0.411 e. The minimum absolute atomic E-state index is 0.0756. The minimum atomic E-state index is -1.91. The van der Waals surface area contributed by atoms with Gasteiger partial charge < -0.3 is 13.6 Å². The van der Waals surface area contributed by atoms with Crippen LogP contribution in [0.2, 0.25) is 55.9 Å². The summed E-state index contributed by atoms with van der Waals surface area (Å²) in [5, 5.41) is 0.345. The van der Waals surface area contributed by atoms with E-state index in [1.54, 1.807) is 0 Å². The molecule has 1 heterocycles. The average Bonchev–Trinajstić information content (AvgIpc) is 3.24. The van der Waals surface area contributed by atoms with Gasteiger partial charge in [0, 0.05) is 6.42 Å². The molecule has 0 aromatic rings. The van der Waals surface area contributed by atoms with Crippen molar-refractivity contribution in [1.29, 1.82) is 0 Å². The highest BCUT2D eigenvalue weighted by molar-refractivity contribution is 6.83. The summed E-state index contributed by atoms with van der Waals surface area (Å²) >= 11 is 0. The van der Waals surface area contributed by atoms with Crippen LogP contribution in [-0.2, 0) is 13.6 Å². The van der Waals surface area contributed by atoms with E-state index in [0.717, 1.165) is 13.0 Å². The van der Waals surface area contributed by atoms with Gasteiger partial charge in [0.2, 0.25) is 0 Å². The molecule has 0 N–H and O–H groups in total. The van der Waals surface area contributed by atoms with E-state index >= 15 is 0 Å². The van der Waals surface area contributed by atoms with Crippen molar-refractivity contribution in [1.82, 2.24) is 0 Å². The van der Waals surface area contributed by atoms with Crippen molar-refractivity contribution in [2.75, 3.05) is 6.61 Å². The second kappa shape index (κ2) is 8.68. The molecule has 0 radical (unpaired) electrons. The molecule has 6 heteroatoms.